The van der Waals surface area contributed by atoms with Gasteiger partial charge in [-0.3, -0.25) is 15.2 Å². The molecule has 1 N–H and O–H groups in total. The van der Waals surface area contributed by atoms with Crippen LogP contribution in [0, 0.1) is 0 Å². The largest absolute Gasteiger partial charge is 0.444 e. The van der Waals surface area contributed by atoms with Gasteiger partial charge < -0.3 is 9.64 Å². The molecule has 0 bridgehead atoms. The van der Waals surface area contributed by atoms with E-state index in [-0.39, 0.29) is 12.2 Å². The Balaban J connectivity index is 1.74. The van der Waals surface area contributed by atoms with Gasteiger partial charge in [0.15, 0.2) is 0 Å². The maximum Gasteiger partial charge on any atom is 0.410 e. The van der Waals surface area contributed by atoms with Crippen molar-refractivity contribution in [2.75, 3.05) is 32.7 Å². The molecule has 0 aromatic carbocycles. The molecule has 0 spiro atoms. The number of halogens is 1. The molecule has 0 aliphatic carbocycles. The van der Waals surface area contributed by atoms with Gasteiger partial charge in [0, 0.05) is 32.7 Å². The van der Waals surface area contributed by atoms with Crippen molar-refractivity contribution in [2.24, 2.45) is 0 Å². The number of hydroxylamine groups is 1. The van der Waals surface area contributed by atoms with Gasteiger partial charge in [-0.25, -0.2) is 4.79 Å². The van der Waals surface area contributed by atoms with Crippen molar-refractivity contribution in [3.05, 3.63) is 10.7 Å². The Labute approximate surface area is 128 Å². The van der Waals surface area contributed by atoms with Crippen LogP contribution in [0.3, 0.4) is 0 Å². The molecule has 0 aromatic heterocycles. The van der Waals surface area contributed by atoms with Crippen LogP contribution in [0.15, 0.2) is 10.7 Å². The number of hydrogen-bond donors (Lipinski definition) is 1. The Morgan fingerprint density at radius 1 is 1.45 bits per heavy atom. The van der Waals surface area contributed by atoms with Gasteiger partial charge in [0.2, 0.25) is 0 Å². The molecule has 2 aliphatic rings. The average Bonchev–Trinajstić information content (AvgIpc) is 2.73. The highest BCUT2D eigenvalue weighted by Gasteiger charge is 2.27. The van der Waals surface area contributed by atoms with E-state index in [1.165, 1.54) is 0 Å². The number of carbonyl (C=O) groups excluding carboxylic acids is 1. The lowest BCUT2D eigenvalue weighted by Crippen LogP contribution is -2.51. The minimum atomic E-state index is -0.436. The van der Waals surface area contributed by atoms with Gasteiger partial charge in [-0.05, 0) is 42.8 Å². The molecule has 0 radical (unpaired) electrons. The first-order chi connectivity index (χ1) is 9.33. The monoisotopic (exact) mass is 347 g/mol. The minimum absolute atomic E-state index is 0.0532. The quantitative estimate of drug-likeness (QED) is 0.770. The molecule has 0 aromatic rings. The third-order valence-electron chi connectivity index (χ3n) is 3.10. The van der Waals surface area contributed by atoms with Gasteiger partial charge in [0.25, 0.3) is 0 Å². The van der Waals surface area contributed by atoms with Crippen LogP contribution < -0.4 is 5.48 Å². The van der Waals surface area contributed by atoms with Crippen LogP contribution in [-0.4, -0.2) is 60.3 Å². The molecule has 1 amide bonds. The summed E-state index contributed by atoms with van der Waals surface area (Å²) >= 11 is 3.34. The van der Waals surface area contributed by atoms with E-state index in [1.54, 1.807) is 4.90 Å². The number of ether oxygens (including phenoxy) is 1. The van der Waals surface area contributed by atoms with E-state index in [9.17, 15) is 4.79 Å². The van der Waals surface area contributed by atoms with E-state index >= 15 is 0 Å². The van der Waals surface area contributed by atoms with Crippen LogP contribution in [0.2, 0.25) is 0 Å². The van der Waals surface area contributed by atoms with Crippen LogP contribution in [0.25, 0.3) is 0 Å². The van der Waals surface area contributed by atoms with E-state index in [2.05, 4.69) is 26.3 Å². The molecular weight excluding hydrogens is 326 g/mol. The standard InChI is InChI=1S/C13H22BrN3O3/c1-13(2,3)19-12(18)17-6-4-16(5-7-17)9-10-8-11(14)15-20-10/h8,10,15H,4-7,9H2,1-3H3/t10-/m1/s1. The van der Waals surface area contributed by atoms with Gasteiger partial charge in [-0.1, -0.05) is 0 Å². The summed E-state index contributed by atoms with van der Waals surface area (Å²) in [5.74, 6) is 0. The zero-order valence-electron chi connectivity index (χ0n) is 12.2. The molecule has 1 saturated heterocycles. The van der Waals surface area contributed by atoms with E-state index in [0.717, 1.165) is 24.2 Å². The van der Waals surface area contributed by atoms with Gasteiger partial charge in [0.05, 0.1) is 0 Å². The van der Waals surface area contributed by atoms with E-state index in [0.29, 0.717) is 13.1 Å². The number of amides is 1. The lowest BCUT2D eigenvalue weighted by atomic mass is 10.2. The molecule has 2 rings (SSSR count). The molecule has 114 valence electrons. The summed E-state index contributed by atoms with van der Waals surface area (Å²) in [6, 6.07) is 0. The van der Waals surface area contributed by atoms with Crippen LogP contribution in [0.4, 0.5) is 4.79 Å². The van der Waals surface area contributed by atoms with Crippen molar-refractivity contribution in [3.8, 4) is 0 Å². The second-order valence-electron chi connectivity index (χ2n) is 6.04. The fraction of sp³-hybridized carbons (Fsp3) is 0.769. The third kappa shape index (κ3) is 4.64. The minimum Gasteiger partial charge on any atom is -0.444 e. The maximum atomic E-state index is 11.9. The molecule has 7 heteroatoms. The number of rotatable bonds is 2. The first-order valence-corrected chi connectivity index (χ1v) is 7.62. The molecule has 2 heterocycles. The Bertz CT molecular complexity index is 387. The van der Waals surface area contributed by atoms with E-state index in [1.807, 2.05) is 26.8 Å². The van der Waals surface area contributed by atoms with Crippen LogP contribution in [0.5, 0.6) is 0 Å². The van der Waals surface area contributed by atoms with E-state index in [4.69, 9.17) is 9.57 Å². The van der Waals surface area contributed by atoms with Gasteiger partial charge in [-0.15, -0.1) is 0 Å². The first kappa shape index (κ1) is 15.6. The van der Waals surface area contributed by atoms with Gasteiger partial charge in [-0.2, -0.15) is 0 Å². The average molecular weight is 348 g/mol. The molecule has 20 heavy (non-hydrogen) atoms. The molecule has 0 unspecified atom stereocenters. The van der Waals surface area contributed by atoms with Crippen molar-refractivity contribution in [1.29, 1.82) is 0 Å². The molecule has 2 aliphatic heterocycles. The fourth-order valence-electron chi connectivity index (χ4n) is 2.15. The zero-order chi connectivity index (χ0) is 14.8. The summed E-state index contributed by atoms with van der Waals surface area (Å²) < 4.78 is 6.25. The van der Waals surface area contributed by atoms with Crippen LogP contribution >= 0.6 is 15.9 Å². The third-order valence-corrected chi connectivity index (χ3v) is 3.53. The Morgan fingerprint density at radius 2 is 2.10 bits per heavy atom. The summed E-state index contributed by atoms with van der Waals surface area (Å²) in [7, 11) is 0. The molecule has 1 fully saturated rings. The topological polar surface area (TPSA) is 54.0 Å². The van der Waals surface area contributed by atoms with E-state index < -0.39 is 5.60 Å². The summed E-state index contributed by atoms with van der Waals surface area (Å²) in [6.07, 6.45) is 1.83. The highest BCUT2D eigenvalue weighted by molar-refractivity contribution is 9.11. The highest BCUT2D eigenvalue weighted by atomic mass is 79.9. The first-order valence-electron chi connectivity index (χ1n) is 6.83. The predicted octanol–water partition coefficient (Wildman–Crippen LogP) is 1.68. The Morgan fingerprint density at radius 3 is 2.60 bits per heavy atom. The lowest BCUT2D eigenvalue weighted by Gasteiger charge is -2.36. The van der Waals surface area contributed by atoms with Crippen molar-refractivity contribution in [3.63, 3.8) is 0 Å². The van der Waals surface area contributed by atoms with Gasteiger partial charge >= 0.3 is 6.09 Å². The normalized spacial score (nSPS) is 24.3. The second-order valence-corrected chi connectivity index (χ2v) is 6.90. The molecule has 1 atom stereocenters. The Kier molecular flexibility index (Phi) is 4.93. The predicted molar refractivity (Wildman–Crippen MR) is 79.3 cm³/mol. The summed E-state index contributed by atoms with van der Waals surface area (Å²) in [6.45, 7) is 9.54. The fourth-order valence-corrected chi connectivity index (χ4v) is 2.54. The summed E-state index contributed by atoms with van der Waals surface area (Å²) in [4.78, 5) is 21.4. The molecule has 6 nitrogen and oxygen atoms in total. The summed E-state index contributed by atoms with van der Waals surface area (Å²) in [5.41, 5.74) is 2.34. The zero-order valence-corrected chi connectivity index (χ0v) is 13.8. The van der Waals surface area contributed by atoms with Crippen LogP contribution in [-0.2, 0) is 9.57 Å². The number of hydrogen-bond acceptors (Lipinski definition) is 5. The Hall–Kier alpha value is -0.790. The number of nitrogens with one attached hydrogen (secondary N) is 1. The smallest absolute Gasteiger partial charge is 0.410 e. The second kappa shape index (κ2) is 6.32. The molecule has 0 saturated carbocycles. The molecular formula is C13H22BrN3O3. The number of piperazine rings is 1. The summed E-state index contributed by atoms with van der Waals surface area (Å²) in [5, 5.41) is 0. The van der Waals surface area contributed by atoms with Crippen molar-refractivity contribution < 1.29 is 14.4 Å². The van der Waals surface area contributed by atoms with Crippen molar-refractivity contribution >= 4 is 22.0 Å². The SMILES string of the molecule is CC(C)(C)OC(=O)N1CCN(C[C@H]2C=C(Br)NO2)CC1. The van der Waals surface area contributed by atoms with Crippen molar-refractivity contribution in [1.82, 2.24) is 15.3 Å². The van der Waals surface area contributed by atoms with Gasteiger partial charge in [0.1, 0.15) is 16.3 Å². The number of carbonyl (C=O) groups is 1. The van der Waals surface area contributed by atoms with Crippen LogP contribution in [0.1, 0.15) is 20.8 Å². The highest BCUT2D eigenvalue weighted by Crippen LogP contribution is 2.15. The van der Waals surface area contributed by atoms with Crippen molar-refractivity contribution in [2.45, 2.75) is 32.5 Å². The maximum absolute atomic E-state index is 11.9. The number of nitrogens with zero attached hydrogens (tertiary/aromatic N) is 2. The lowest BCUT2D eigenvalue weighted by molar-refractivity contribution is -0.000919.